The largest absolute Gasteiger partial charge is 0.481 e. The van der Waals surface area contributed by atoms with Crippen LogP contribution in [0.1, 0.15) is 36.8 Å². The smallest absolute Gasteiger partial charge is 0.307 e. The summed E-state index contributed by atoms with van der Waals surface area (Å²) in [5.74, 6) is -1.32. The summed E-state index contributed by atoms with van der Waals surface area (Å²) < 4.78 is 0. The van der Waals surface area contributed by atoms with Crippen molar-refractivity contribution in [3.05, 3.63) is 41.5 Å². The summed E-state index contributed by atoms with van der Waals surface area (Å²) in [6, 6.07) is 3.98. The zero-order valence-corrected chi connectivity index (χ0v) is 14.3. The van der Waals surface area contributed by atoms with Crippen LogP contribution >= 0.6 is 0 Å². The van der Waals surface area contributed by atoms with Gasteiger partial charge in [0.2, 0.25) is 0 Å². The standard InChI is InChI=1S/C17H22N6O2/c1-10(2)15(17(24)25)13(16-20-22-23-21-16)7-11-3-4-14(19-8-11)12-5-6-18-9-12/h3-5,8,10,13,15,18H,6-7,9H2,1-2H3,(H,24,25)(H,20,21,22,23)/t13-,15-/m0/s1. The zero-order valence-electron chi connectivity index (χ0n) is 14.3. The molecule has 8 heteroatoms. The number of carboxylic acid groups (broad SMARTS) is 1. The first-order valence-electron chi connectivity index (χ1n) is 8.37. The second kappa shape index (κ2) is 7.52. The molecule has 25 heavy (non-hydrogen) atoms. The van der Waals surface area contributed by atoms with Crippen LogP contribution in [0.3, 0.4) is 0 Å². The van der Waals surface area contributed by atoms with Gasteiger partial charge in [-0.05, 0) is 40.0 Å². The van der Waals surface area contributed by atoms with E-state index < -0.39 is 11.9 Å². The van der Waals surface area contributed by atoms with Crippen molar-refractivity contribution in [2.75, 3.05) is 13.1 Å². The Labute approximate surface area is 145 Å². The number of rotatable bonds is 7. The molecule has 132 valence electrons. The SMILES string of the molecule is CC(C)[C@H](C(=O)O)[C@H](Cc1ccc(C2=CCNC2)nc1)c1nnn[nH]1. The van der Waals surface area contributed by atoms with Gasteiger partial charge >= 0.3 is 5.97 Å². The topological polar surface area (TPSA) is 117 Å². The van der Waals surface area contributed by atoms with Crippen LogP contribution in [0.15, 0.2) is 24.4 Å². The molecule has 3 rings (SSSR count). The van der Waals surface area contributed by atoms with Crippen LogP contribution in [0, 0.1) is 11.8 Å². The number of hydrogen-bond donors (Lipinski definition) is 3. The molecule has 0 radical (unpaired) electrons. The van der Waals surface area contributed by atoms with Gasteiger partial charge < -0.3 is 10.4 Å². The van der Waals surface area contributed by atoms with E-state index in [-0.39, 0.29) is 11.8 Å². The molecule has 0 bridgehead atoms. The highest BCUT2D eigenvalue weighted by atomic mass is 16.4. The Bertz CT molecular complexity index is 739. The first-order valence-corrected chi connectivity index (χ1v) is 8.37. The second-order valence-electron chi connectivity index (χ2n) is 6.62. The van der Waals surface area contributed by atoms with Crippen LogP contribution in [0.4, 0.5) is 0 Å². The Morgan fingerprint density at radius 2 is 2.20 bits per heavy atom. The number of H-pyrrole nitrogens is 1. The Morgan fingerprint density at radius 1 is 1.36 bits per heavy atom. The fourth-order valence-electron chi connectivity index (χ4n) is 3.30. The number of aromatic amines is 1. The van der Waals surface area contributed by atoms with Crippen molar-refractivity contribution >= 4 is 11.5 Å². The van der Waals surface area contributed by atoms with Gasteiger partial charge in [0.1, 0.15) is 0 Å². The molecule has 0 saturated heterocycles. The van der Waals surface area contributed by atoms with Gasteiger partial charge in [-0.2, -0.15) is 0 Å². The van der Waals surface area contributed by atoms with Gasteiger partial charge in [-0.25, -0.2) is 5.10 Å². The molecule has 0 fully saturated rings. The molecule has 8 nitrogen and oxygen atoms in total. The normalized spacial score (nSPS) is 16.7. The number of nitrogens with one attached hydrogen (secondary N) is 2. The monoisotopic (exact) mass is 342 g/mol. The van der Waals surface area contributed by atoms with Crippen molar-refractivity contribution in [2.45, 2.75) is 26.2 Å². The molecule has 0 aromatic carbocycles. The summed E-state index contributed by atoms with van der Waals surface area (Å²) in [5, 5.41) is 26.8. The molecular formula is C17H22N6O2. The van der Waals surface area contributed by atoms with E-state index in [9.17, 15) is 9.90 Å². The average molecular weight is 342 g/mol. The third-order valence-electron chi connectivity index (χ3n) is 4.57. The molecule has 0 amide bonds. The first kappa shape index (κ1) is 17.2. The molecule has 0 saturated carbocycles. The lowest BCUT2D eigenvalue weighted by atomic mass is 9.79. The molecule has 1 aliphatic rings. The highest BCUT2D eigenvalue weighted by Crippen LogP contribution is 2.31. The van der Waals surface area contributed by atoms with E-state index in [1.54, 1.807) is 0 Å². The number of nitrogens with zero attached hydrogens (tertiary/aromatic N) is 4. The van der Waals surface area contributed by atoms with Gasteiger partial charge in [0.25, 0.3) is 0 Å². The lowest BCUT2D eigenvalue weighted by molar-refractivity contribution is -0.144. The van der Waals surface area contributed by atoms with Crippen LogP contribution in [0.25, 0.3) is 5.57 Å². The number of tetrazole rings is 1. The molecule has 0 spiro atoms. The lowest BCUT2D eigenvalue weighted by Gasteiger charge is -2.24. The van der Waals surface area contributed by atoms with Gasteiger partial charge in [0.15, 0.2) is 5.82 Å². The van der Waals surface area contributed by atoms with E-state index in [2.05, 4.69) is 37.0 Å². The fraction of sp³-hybridized carbons (Fsp3) is 0.471. The third-order valence-corrected chi connectivity index (χ3v) is 4.57. The number of carboxylic acids is 1. The van der Waals surface area contributed by atoms with Crippen molar-refractivity contribution in [1.82, 2.24) is 30.9 Å². The lowest BCUT2D eigenvalue weighted by Crippen LogP contribution is -2.29. The maximum atomic E-state index is 11.8. The van der Waals surface area contributed by atoms with Gasteiger partial charge in [-0.1, -0.05) is 26.0 Å². The molecule has 0 unspecified atom stereocenters. The highest BCUT2D eigenvalue weighted by Gasteiger charge is 2.34. The Hall–Kier alpha value is -2.61. The summed E-state index contributed by atoms with van der Waals surface area (Å²) in [4.78, 5) is 16.3. The molecule has 2 aromatic heterocycles. The van der Waals surface area contributed by atoms with Gasteiger partial charge in [-0.15, -0.1) is 5.10 Å². The predicted molar refractivity (Wildman–Crippen MR) is 91.7 cm³/mol. The number of pyridine rings is 1. The fourth-order valence-corrected chi connectivity index (χ4v) is 3.30. The molecule has 2 aromatic rings. The number of aromatic nitrogens is 5. The van der Waals surface area contributed by atoms with Crippen molar-refractivity contribution in [1.29, 1.82) is 0 Å². The Kier molecular flexibility index (Phi) is 5.18. The second-order valence-corrected chi connectivity index (χ2v) is 6.62. The molecule has 1 aliphatic heterocycles. The minimum atomic E-state index is -0.844. The summed E-state index contributed by atoms with van der Waals surface area (Å²) in [5.41, 5.74) is 3.10. The zero-order chi connectivity index (χ0) is 17.8. The summed E-state index contributed by atoms with van der Waals surface area (Å²) >= 11 is 0. The minimum Gasteiger partial charge on any atom is -0.481 e. The maximum absolute atomic E-state index is 11.8. The average Bonchev–Trinajstić information content (AvgIpc) is 3.28. The third kappa shape index (κ3) is 3.90. The van der Waals surface area contributed by atoms with E-state index in [1.165, 1.54) is 5.57 Å². The van der Waals surface area contributed by atoms with Crippen molar-refractivity contribution in [3.63, 3.8) is 0 Å². The van der Waals surface area contributed by atoms with E-state index in [1.807, 2.05) is 32.2 Å². The number of aliphatic carboxylic acids is 1. The van der Waals surface area contributed by atoms with Gasteiger partial charge in [0.05, 0.1) is 11.6 Å². The summed E-state index contributed by atoms with van der Waals surface area (Å²) in [6.45, 7) is 5.49. The Balaban J connectivity index is 1.83. The molecule has 3 heterocycles. The summed E-state index contributed by atoms with van der Waals surface area (Å²) in [6.07, 6.45) is 4.45. The van der Waals surface area contributed by atoms with E-state index in [0.717, 1.165) is 24.3 Å². The first-order chi connectivity index (χ1) is 12.1. The van der Waals surface area contributed by atoms with Gasteiger partial charge in [-0.3, -0.25) is 9.78 Å². The molecule has 3 N–H and O–H groups in total. The number of carbonyl (C=O) groups is 1. The predicted octanol–water partition coefficient (Wildman–Crippen LogP) is 1.26. The van der Waals surface area contributed by atoms with Crippen LogP contribution in [-0.2, 0) is 11.2 Å². The van der Waals surface area contributed by atoms with Gasteiger partial charge in [0, 0.05) is 25.2 Å². The van der Waals surface area contributed by atoms with Crippen LogP contribution in [-0.4, -0.2) is 49.8 Å². The number of hydrogen-bond acceptors (Lipinski definition) is 6. The van der Waals surface area contributed by atoms with Crippen LogP contribution in [0.5, 0.6) is 0 Å². The minimum absolute atomic E-state index is 0.0467. The van der Waals surface area contributed by atoms with Crippen molar-refractivity contribution in [3.8, 4) is 0 Å². The van der Waals surface area contributed by atoms with Crippen LogP contribution < -0.4 is 5.32 Å². The van der Waals surface area contributed by atoms with E-state index in [0.29, 0.717) is 12.2 Å². The van der Waals surface area contributed by atoms with Crippen LogP contribution in [0.2, 0.25) is 0 Å². The summed E-state index contributed by atoms with van der Waals surface area (Å²) in [7, 11) is 0. The van der Waals surface area contributed by atoms with Crippen molar-refractivity contribution < 1.29 is 9.90 Å². The maximum Gasteiger partial charge on any atom is 0.307 e. The molecule has 2 atom stereocenters. The molecular weight excluding hydrogens is 320 g/mol. The van der Waals surface area contributed by atoms with E-state index >= 15 is 0 Å². The van der Waals surface area contributed by atoms with E-state index in [4.69, 9.17) is 0 Å². The molecule has 0 aliphatic carbocycles. The van der Waals surface area contributed by atoms with Crippen molar-refractivity contribution in [2.24, 2.45) is 11.8 Å². The quantitative estimate of drug-likeness (QED) is 0.693. The highest BCUT2D eigenvalue weighted by molar-refractivity contribution is 5.71. The Morgan fingerprint density at radius 3 is 2.72 bits per heavy atom.